The number of hydrogen-bond acceptors (Lipinski definition) is 7. The molecule has 3 rings (SSSR count). The molecule has 1 aromatic heterocycles. The van der Waals surface area contributed by atoms with E-state index < -0.39 is 37.7 Å². The lowest BCUT2D eigenvalue weighted by Gasteiger charge is -2.37. The number of benzene rings is 1. The Morgan fingerprint density at radius 1 is 1.44 bits per heavy atom. The minimum absolute atomic E-state index is 0.00131. The van der Waals surface area contributed by atoms with Crippen molar-refractivity contribution in [2.45, 2.75) is 51.6 Å². The lowest BCUT2D eigenvalue weighted by molar-refractivity contribution is -0.163. The fourth-order valence-electron chi connectivity index (χ4n) is 3.50. The van der Waals surface area contributed by atoms with Crippen LogP contribution in [0.1, 0.15) is 41.6 Å². The van der Waals surface area contributed by atoms with Crippen molar-refractivity contribution in [3.8, 4) is 18.1 Å². The zero-order chi connectivity index (χ0) is 23.6. The van der Waals surface area contributed by atoms with Crippen molar-refractivity contribution >= 4 is 16.4 Å². The van der Waals surface area contributed by atoms with Crippen molar-refractivity contribution in [1.82, 2.24) is 9.55 Å². The van der Waals surface area contributed by atoms with Gasteiger partial charge in [0.25, 0.3) is 5.56 Å². The molecule has 0 saturated heterocycles. The van der Waals surface area contributed by atoms with Gasteiger partial charge in [-0.3, -0.25) is 23.4 Å². The number of nitrogens with zero attached hydrogens (tertiary/aromatic N) is 1. The fourth-order valence-corrected chi connectivity index (χ4v) is 4.65. The van der Waals surface area contributed by atoms with Crippen LogP contribution in [0.2, 0.25) is 0 Å². The number of rotatable bonds is 7. The van der Waals surface area contributed by atoms with Crippen molar-refractivity contribution in [3.63, 3.8) is 0 Å². The van der Waals surface area contributed by atoms with E-state index >= 15 is 0 Å². The first-order chi connectivity index (χ1) is 15.1. The van der Waals surface area contributed by atoms with Crippen LogP contribution < -0.4 is 15.8 Å². The Labute approximate surface area is 188 Å². The highest BCUT2D eigenvalue weighted by Gasteiger charge is 2.40. The highest BCUT2D eigenvalue weighted by molar-refractivity contribution is 7.42. The SMILES string of the molecule is [B]C(O)(OP1OCc2cc(C)cc(C)c2O1)C(CC(C)n1cc(C#C)c(=O)[nH]c1=O)OC. The topological polar surface area (TPSA) is 112 Å². The van der Waals surface area contributed by atoms with E-state index in [0.29, 0.717) is 5.75 Å². The van der Waals surface area contributed by atoms with E-state index in [4.69, 9.17) is 32.6 Å². The molecule has 1 aliphatic heterocycles. The summed E-state index contributed by atoms with van der Waals surface area (Å²) < 4.78 is 23.6. The van der Waals surface area contributed by atoms with Crippen molar-refractivity contribution in [3.05, 3.63) is 61.4 Å². The Balaban J connectivity index is 1.75. The number of aromatic nitrogens is 2. The van der Waals surface area contributed by atoms with Gasteiger partial charge >= 0.3 is 14.3 Å². The summed E-state index contributed by atoms with van der Waals surface area (Å²) in [5, 5.41) is 10.8. The second-order valence-electron chi connectivity index (χ2n) is 7.66. The molecule has 0 saturated carbocycles. The average molecular weight is 458 g/mol. The largest absolute Gasteiger partial charge is 0.426 e. The number of aliphatic hydroxyl groups is 1. The van der Waals surface area contributed by atoms with Crippen LogP contribution >= 0.6 is 8.60 Å². The number of aromatic amines is 1. The van der Waals surface area contributed by atoms with E-state index in [-0.39, 0.29) is 18.6 Å². The molecule has 4 unspecified atom stereocenters. The van der Waals surface area contributed by atoms with Gasteiger partial charge in [0.15, 0.2) is 13.5 Å². The summed E-state index contributed by atoms with van der Waals surface area (Å²) in [5.41, 5.74) is -0.712. The van der Waals surface area contributed by atoms with Gasteiger partial charge in [0.2, 0.25) is 0 Å². The number of aryl methyl sites for hydroxylation is 2. The van der Waals surface area contributed by atoms with Crippen molar-refractivity contribution in [2.75, 3.05) is 7.11 Å². The van der Waals surface area contributed by atoms with Crippen molar-refractivity contribution < 1.29 is 23.4 Å². The Hall–Kier alpha value is -2.41. The molecule has 0 aliphatic carbocycles. The first-order valence-electron chi connectivity index (χ1n) is 9.82. The molecule has 168 valence electrons. The van der Waals surface area contributed by atoms with Crippen LogP contribution in [0, 0.1) is 26.2 Å². The van der Waals surface area contributed by atoms with E-state index in [1.807, 2.05) is 26.0 Å². The molecule has 1 aromatic carbocycles. The normalized spacial score (nSPS) is 19.2. The van der Waals surface area contributed by atoms with E-state index in [0.717, 1.165) is 16.7 Å². The molecule has 4 atom stereocenters. The van der Waals surface area contributed by atoms with Crippen LogP contribution in [-0.2, 0) is 20.4 Å². The number of nitrogens with one attached hydrogen (secondary N) is 1. The third-order valence-electron chi connectivity index (χ3n) is 5.11. The molecule has 0 fully saturated rings. The van der Waals surface area contributed by atoms with Gasteiger partial charge in [-0.25, -0.2) is 4.79 Å². The first kappa shape index (κ1) is 24.2. The Bertz CT molecular complexity index is 1150. The van der Waals surface area contributed by atoms with Gasteiger partial charge in [-0.15, -0.1) is 6.42 Å². The maximum absolute atomic E-state index is 12.2. The van der Waals surface area contributed by atoms with Crippen LogP contribution in [0.25, 0.3) is 0 Å². The van der Waals surface area contributed by atoms with E-state index in [2.05, 4.69) is 10.9 Å². The summed E-state index contributed by atoms with van der Waals surface area (Å²) in [6, 6.07) is 3.37. The molecule has 2 aromatic rings. The van der Waals surface area contributed by atoms with Crippen LogP contribution in [0.15, 0.2) is 27.9 Å². The quantitative estimate of drug-likeness (QED) is 0.282. The van der Waals surface area contributed by atoms with E-state index in [1.54, 1.807) is 6.92 Å². The third-order valence-corrected chi connectivity index (χ3v) is 6.22. The first-order valence-corrected chi connectivity index (χ1v) is 10.9. The lowest BCUT2D eigenvalue weighted by Crippen LogP contribution is -2.47. The molecule has 0 bridgehead atoms. The van der Waals surface area contributed by atoms with Crippen molar-refractivity contribution in [1.29, 1.82) is 0 Å². The van der Waals surface area contributed by atoms with E-state index in [1.165, 1.54) is 17.9 Å². The Morgan fingerprint density at radius 2 is 2.16 bits per heavy atom. The molecule has 32 heavy (non-hydrogen) atoms. The number of terminal acetylenes is 1. The zero-order valence-corrected chi connectivity index (χ0v) is 19.1. The smallest absolute Gasteiger partial charge is 0.399 e. The van der Waals surface area contributed by atoms with Gasteiger partial charge in [0.1, 0.15) is 17.4 Å². The minimum Gasteiger partial charge on any atom is -0.426 e. The van der Waals surface area contributed by atoms with E-state index in [9.17, 15) is 14.7 Å². The van der Waals surface area contributed by atoms with Gasteiger partial charge in [-0.2, -0.15) is 0 Å². The number of methoxy groups -OCH3 is 1. The lowest BCUT2D eigenvalue weighted by atomic mass is 9.86. The molecule has 11 heteroatoms. The summed E-state index contributed by atoms with van der Waals surface area (Å²) in [5.74, 6) is 2.85. The molecule has 2 N–H and O–H groups in total. The predicted octanol–water partition coefficient (Wildman–Crippen LogP) is 1.77. The van der Waals surface area contributed by atoms with Gasteiger partial charge in [0.05, 0.1) is 6.61 Å². The van der Waals surface area contributed by atoms with Crippen molar-refractivity contribution in [2.24, 2.45) is 0 Å². The summed E-state index contributed by atoms with van der Waals surface area (Å²) >= 11 is 0. The highest BCUT2D eigenvalue weighted by atomic mass is 31.2. The number of hydrogen-bond donors (Lipinski definition) is 2. The summed E-state index contributed by atoms with van der Waals surface area (Å²) in [6.07, 6.45) is 5.56. The van der Waals surface area contributed by atoms with Crippen LogP contribution in [0.5, 0.6) is 5.75 Å². The van der Waals surface area contributed by atoms with Crippen LogP contribution in [-0.4, -0.2) is 41.4 Å². The maximum atomic E-state index is 12.2. The third kappa shape index (κ3) is 5.14. The Kier molecular flexibility index (Phi) is 7.28. The average Bonchev–Trinajstić information content (AvgIpc) is 2.72. The second-order valence-corrected chi connectivity index (χ2v) is 8.73. The molecule has 1 aliphatic rings. The summed E-state index contributed by atoms with van der Waals surface area (Å²) in [4.78, 5) is 26.0. The molecule has 2 heterocycles. The zero-order valence-electron chi connectivity index (χ0n) is 18.2. The second kappa shape index (κ2) is 9.61. The summed E-state index contributed by atoms with van der Waals surface area (Å²) in [6.45, 7) is 5.81. The summed E-state index contributed by atoms with van der Waals surface area (Å²) in [7, 11) is 5.36. The van der Waals surface area contributed by atoms with Gasteiger partial charge in [0, 0.05) is 24.9 Å². The molecule has 0 amide bonds. The van der Waals surface area contributed by atoms with Crippen LogP contribution in [0.3, 0.4) is 0 Å². The molecule has 9 nitrogen and oxygen atoms in total. The van der Waals surface area contributed by atoms with Gasteiger partial charge in [-0.1, -0.05) is 23.6 Å². The van der Waals surface area contributed by atoms with Gasteiger partial charge in [-0.05, 0) is 32.8 Å². The maximum Gasteiger partial charge on any atom is 0.399 e. The molecular formula is C21H24BN2O7P. The number of H-pyrrole nitrogens is 1. The number of ether oxygens (including phenoxy) is 1. The fraction of sp³-hybridized carbons (Fsp3) is 0.429. The minimum atomic E-state index is -2.29. The molecule has 0 spiro atoms. The standard InChI is InChI=1S/C21H24BN2O7P/c1-6-15-10-24(20(26)23-19(15)25)14(4)9-17(28-5)21(22,27)31-32-29-11-16-8-12(2)7-13(3)18(16)30-32/h1,7-8,10,14,17,27H,9,11H2,2-5H3,(H,23,25,26). The Morgan fingerprint density at radius 3 is 2.81 bits per heavy atom. The van der Waals surface area contributed by atoms with Crippen LogP contribution in [0.4, 0.5) is 0 Å². The highest BCUT2D eigenvalue weighted by Crippen LogP contribution is 2.51. The van der Waals surface area contributed by atoms with Gasteiger partial charge < -0.3 is 14.4 Å². The molecular weight excluding hydrogens is 434 g/mol. The predicted molar refractivity (Wildman–Crippen MR) is 119 cm³/mol. The monoisotopic (exact) mass is 458 g/mol. The number of fused-ring (bicyclic) bond motifs is 1. The molecule has 2 radical (unpaired) electrons.